The molecule has 0 heterocycles. The van der Waals surface area contributed by atoms with E-state index in [2.05, 4.69) is 27.7 Å². The third-order valence-electron chi connectivity index (χ3n) is 4.39. The summed E-state index contributed by atoms with van der Waals surface area (Å²) in [6, 6.07) is 0. The maximum absolute atomic E-state index is 6.09. The van der Waals surface area contributed by atoms with E-state index in [0.717, 1.165) is 45.5 Å². The molecule has 3 heteroatoms. The van der Waals surface area contributed by atoms with Crippen molar-refractivity contribution in [2.75, 3.05) is 19.8 Å². The normalized spacial score (nSPS) is 12.0. The van der Waals surface area contributed by atoms with Crippen molar-refractivity contribution >= 4 is 0 Å². The molecule has 0 saturated carbocycles. The Kier molecular flexibility index (Phi) is 17.6. The molecule has 0 fully saturated rings. The van der Waals surface area contributed by atoms with E-state index < -0.39 is 5.97 Å². The monoisotopic (exact) mass is 344 g/mol. The van der Waals surface area contributed by atoms with Gasteiger partial charge in [-0.1, -0.05) is 85.5 Å². The topological polar surface area (TPSA) is 27.7 Å². The van der Waals surface area contributed by atoms with Gasteiger partial charge in [-0.05, 0) is 19.3 Å². The summed E-state index contributed by atoms with van der Waals surface area (Å²) in [7, 11) is 0. The minimum absolute atomic E-state index is 0.734. The Labute approximate surface area is 151 Å². The first kappa shape index (κ1) is 23.9. The maximum atomic E-state index is 6.09. The molecule has 0 unspecified atom stereocenters. The molecular weight excluding hydrogens is 300 g/mol. The fraction of sp³-hybridized carbons (Fsp3) is 1.00. The van der Waals surface area contributed by atoms with Gasteiger partial charge in [-0.25, -0.2) is 0 Å². The van der Waals surface area contributed by atoms with Gasteiger partial charge < -0.3 is 14.2 Å². The Morgan fingerprint density at radius 2 is 0.792 bits per heavy atom. The fourth-order valence-corrected chi connectivity index (χ4v) is 2.70. The van der Waals surface area contributed by atoms with Crippen LogP contribution in [0.15, 0.2) is 0 Å². The highest BCUT2D eigenvalue weighted by Gasteiger charge is 2.31. The van der Waals surface area contributed by atoms with Crippen LogP contribution in [0.5, 0.6) is 0 Å². The van der Waals surface area contributed by atoms with E-state index >= 15 is 0 Å². The lowest BCUT2D eigenvalue weighted by atomic mass is 10.2. The van der Waals surface area contributed by atoms with Gasteiger partial charge in [0, 0.05) is 6.42 Å². The van der Waals surface area contributed by atoms with Gasteiger partial charge in [0.05, 0.1) is 19.8 Å². The Morgan fingerprint density at radius 3 is 1.04 bits per heavy atom. The molecule has 0 aromatic carbocycles. The molecule has 0 aliphatic carbocycles. The lowest BCUT2D eigenvalue weighted by molar-refractivity contribution is -0.382. The first-order chi connectivity index (χ1) is 11.7. The van der Waals surface area contributed by atoms with Crippen LogP contribution in [-0.2, 0) is 14.2 Å². The number of hydrogen-bond donors (Lipinski definition) is 0. The lowest BCUT2D eigenvalue weighted by Crippen LogP contribution is -2.39. The summed E-state index contributed by atoms with van der Waals surface area (Å²) in [5.41, 5.74) is 0. The van der Waals surface area contributed by atoms with Crippen LogP contribution in [-0.4, -0.2) is 25.8 Å². The first-order valence-electron chi connectivity index (χ1n) is 10.7. The average molecular weight is 345 g/mol. The van der Waals surface area contributed by atoms with Crippen molar-refractivity contribution in [2.24, 2.45) is 0 Å². The highest BCUT2D eigenvalue weighted by molar-refractivity contribution is 4.57. The van der Waals surface area contributed by atoms with Gasteiger partial charge in [-0.3, -0.25) is 0 Å². The van der Waals surface area contributed by atoms with Crippen molar-refractivity contribution in [3.63, 3.8) is 0 Å². The van der Waals surface area contributed by atoms with Crippen molar-refractivity contribution in [1.82, 2.24) is 0 Å². The predicted octanol–water partition coefficient (Wildman–Crippen LogP) is 6.84. The smallest absolute Gasteiger partial charge is 0.282 e. The molecule has 24 heavy (non-hydrogen) atoms. The van der Waals surface area contributed by atoms with Gasteiger partial charge >= 0.3 is 0 Å². The standard InChI is InChI=1S/C21H44O3/c1-5-9-12-15-18-22-21(8-4,23-19-16-13-10-6-2)24-20-17-14-11-7-3/h5-20H2,1-4H3. The fourth-order valence-electron chi connectivity index (χ4n) is 2.70. The van der Waals surface area contributed by atoms with Crippen molar-refractivity contribution in [1.29, 1.82) is 0 Å². The molecule has 0 aliphatic rings. The molecule has 0 spiro atoms. The zero-order valence-corrected chi connectivity index (χ0v) is 17.0. The van der Waals surface area contributed by atoms with Crippen LogP contribution < -0.4 is 0 Å². The molecular formula is C21H44O3. The largest absolute Gasteiger partial charge is 0.327 e. The van der Waals surface area contributed by atoms with E-state index in [1.165, 1.54) is 57.8 Å². The second kappa shape index (κ2) is 17.7. The molecule has 0 aromatic heterocycles. The third-order valence-corrected chi connectivity index (χ3v) is 4.39. The minimum atomic E-state index is -0.815. The van der Waals surface area contributed by atoms with Gasteiger partial charge in [0.15, 0.2) is 0 Å². The molecule has 0 aliphatic heterocycles. The van der Waals surface area contributed by atoms with Crippen LogP contribution in [0.3, 0.4) is 0 Å². The Bertz CT molecular complexity index is 207. The van der Waals surface area contributed by atoms with Crippen molar-refractivity contribution in [2.45, 2.75) is 117 Å². The second-order valence-electron chi connectivity index (χ2n) is 6.76. The molecule has 146 valence electrons. The van der Waals surface area contributed by atoms with Crippen molar-refractivity contribution < 1.29 is 14.2 Å². The molecule has 0 rings (SSSR count). The van der Waals surface area contributed by atoms with Gasteiger partial charge in [0.1, 0.15) is 0 Å². The van der Waals surface area contributed by atoms with Gasteiger partial charge in [-0.2, -0.15) is 0 Å². The minimum Gasteiger partial charge on any atom is -0.327 e. The highest BCUT2D eigenvalue weighted by atomic mass is 16.9. The average Bonchev–Trinajstić information content (AvgIpc) is 2.60. The predicted molar refractivity (Wildman–Crippen MR) is 103 cm³/mol. The van der Waals surface area contributed by atoms with Crippen molar-refractivity contribution in [3.05, 3.63) is 0 Å². The summed E-state index contributed by atoms with van der Waals surface area (Å²) in [4.78, 5) is 0. The van der Waals surface area contributed by atoms with E-state index in [1.807, 2.05) is 0 Å². The van der Waals surface area contributed by atoms with Gasteiger partial charge in [0.2, 0.25) is 0 Å². The summed E-state index contributed by atoms with van der Waals surface area (Å²) in [5.74, 6) is -0.815. The van der Waals surface area contributed by atoms with Gasteiger partial charge in [-0.15, -0.1) is 0 Å². The van der Waals surface area contributed by atoms with E-state index in [9.17, 15) is 0 Å². The van der Waals surface area contributed by atoms with Crippen LogP contribution in [0.1, 0.15) is 111 Å². The van der Waals surface area contributed by atoms with Crippen LogP contribution in [0.25, 0.3) is 0 Å². The molecule has 0 radical (unpaired) electrons. The summed E-state index contributed by atoms with van der Waals surface area (Å²) in [5, 5.41) is 0. The molecule has 0 saturated heterocycles. The Morgan fingerprint density at radius 1 is 0.458 bits per heavy atom. The van der Waals surface area contributed by atoms with E-state index in [-0.39, 0.29) is 0 Å². The number of hydrogen-bond acceptors (Lipinski definition) is 3. The van der Waals surface area contributed by atoms with Crippen LogP contribution in [0.4, 0.5) is 0 Å². The van der Waals surface area contributed by atoms with Crippen LogP contribution in [0.2, 0.25) is 0 Å². The molecule has 0 bridgehead atoms. The van der Waals surface area contributed by atoms with Crippen LogP contribution in [0, 0.1) is 0 Å². The summed E-state index contributed by atoms with van der Waals surface area (Å²) in [6.07, 6.45) is 15.3. The van der Waals surface area contributed by atoms with E-state index in [4.69, 9.17) is 14.2 Å². The quantitative estimate of drug-likeness (QED) is 0.190. The molecule has 0 amide bonds. The maximum Gasteiger partial charge on any atom is 0.282 e. The molecule has 0 atom stereocenters. The van der Waals surface area contributed by atoms with Gasteiger partial charge in [0.25, 0.3) is 5.97 Å². The summed E-state index contributed by atoms with van der Waals surface area (Å²) < 4.78 is 18.3. The zero-order valence-electron chi connectivity index (χ0n) is 17.0. The lowest BCUT2D eigenvalue weighted by Gasteiger charge is -2.32. The number of rotatable bonds is 19. The van der Waals surface area contributed by atoms with E-state index in [1.54, 1.807) is 0 Å². The highest BCUT2D eigenvalue weighted by Crippen LogP contribution is 2.22. The molecule has 3 nitrogen and oxygen atoms in total. The van der Waals surface area contributed by atoms with E-state index in [0.29, 0.717) is 0 Å². The summed E-state index contributed by atoms with van der Waals surface area (Å²) in [6.45, 7) is 11.0. The third kappa shape index (κ3) is 13.2. The second-order valence-corrected chi connectivity index (χ2v) is 6.76. The van der Waals surface area contributed by atoms with Crippen LogP contribution >= 0.6 is 0 Å². The SMILES string of the molecule is CCCCCCOC(CC)(OCCCCCC)OCCCCCC. The Balaban J connectivity index is 4.23. The number of unbranched alkanes of at least 4 members (excludes halogenated alkanes) is 9. The zero-order chi connectivity index (χ0) is 17.9. The first-order valence-corrected chi connectivity index (χ1v) is 10.7. The molecule has 0 N–H and O–H groups in total. The number of ether oxygens (including phenoxy) is 3. The Hall–Kier alpha value is -0.120. The summed E-state index contributed by atoms with van der Waals surface area (Å²) >= 11 is 0. The van der Waals surface area contributed by atoms with Crippen molar-refractivity contribution in [3.8, 4) is 0 Å². The molecule has 0 aromatic rings.